The number of allylic oxidation sites excluding steroid dienone is 2. The Morgan fingerprint density at radius 3 is 1.08 bits per heavy atom. The standard InChI is InChI=1S/C17H8Br2F6/c18-11-5-1-9(2-6-11)13-14(10-3-7-12(19)8-4-10)16(22,23)17(24,25)15(13,20)21/h1-8H. The Morgan fingerprint density at radius 1 is 0.520 bits per heavy atom. The molecule has 1 aliphatic carbocycles. The Hall–Kier alpha value is -1.28. The van der Waals surface area contributed by atoms with Gasteiger partial charge in [0.1, 0.15) is 0 Å². The molecule has 0 nitrogen and oxygen atoms in total. The van der Waals surface area contributed by atoms with Crippen LogP contribution in [0.5, 0.6) is 0 Å². The van der Waals surface area contributed by atoms with Crippen molar-refractivity contribution >= 4 is 43.0 Å². The van der Waals surface area contributed by atoms with Crippen molar-refractivity contribution in [2.24, 2.45) is 0 Å². The molecule has 3 rings (SSSR count). The number of benzene rings is 2. The molecule has 0 unspecified atom stereocenters. The van der Waals surface area contributed by atoms with Crippen LogP contribution in [-0.2, 0) is 0 Å². The lowest BCUT2D eigenvalue weighted by atomic mass is 9.95. The summed E-state index contributed by atoms with van der Waals surface area (Å²) in [5.41, 5.74) is -3.50. The van der Waals surface area contributed by atoms with Crippen LogP contribution in [0.1, 0.15) is 11.1 Å². The van der Waals surface area contributed by atoms with Gasteiger partial charge in [0.2, 0.25) is 0 Å². The zero-order valence-corrected chi connectivity index (χ0v) is 15.3. The summed E-state index contributed by atoms with van der Waals surface area (Å²) in [5.74, 6) is -15.6. The molecule has 1 aliphatic rings. The molecule has 0 bridgehead atoms. The summed E-state index contributed by atoms with van der Waals surface area (Å²) in [4.78, 5) is 0. The van der Waals surface area contributed by atoms with Crippen molar-refractivity contribution in [2.45, 2.75) is 17.8 Å². The highest BCUT2D eigenvalue weighted by Gasteiger charge is 2.80. The Bertz CT molecular complexity index is 769. The third-order valence-electron chi connectivity index (χ3n) is 3.93. The topological polar surface area (TPSA) is 0 Å². The van der Waals surface area contributed by atoms with Gasteiger partial charge in [-0.05, 0) is 35.4 Å². The number of alkyl halides is 6. The largest absolute Gasteiger partial charge is 0.380 e. The van der Waals surface area contributed by atoms with Crippen LogP contribution in [0.2, 0.25) is 0 Å². The van der Waals surface area contributed by atoms with E-state index in [1.165, 1.54) is 24.3 Å². The minimum absolute atomic E-state index is 0.386. The van der Waals surface area contributed by atoms with E-state index in [-0.39, 0.29) is 11.1 Å². The van der Waals surface area contributed by atoms with Crippen LogP contribution < -0.4 is 0 Å². The van der Waals surface area contributed by atoms with Gasteiger partial charge in [-0.2, -0.15) is 26.3 Å². The third kappa shape index (κ3) is 2.65. The molecule has 8 heteroatoms. The summed E-state index contributed by atoms with van der Waals surface area (Å²) < 4.78 is 86.4. The molecule has 0 amide bonds. The smallest absolute Gasteiger partial charge is 0.194 e. The Kier molecular flexibility index (Phi) is 4.35. The maximum absolute atomic E-state index is 14.4. The van der Waals surface area contributed by atoms with Gasteiger partial charge in [-0.1, -0.05) is 56.1 Å². The van der Waals surface area contributed by atoms with Crippen molar-refractivity contribution < 1.29 is 26.3 Å². The fourth-order valence-electron chi connectivity index (χ4n) is 2.71. The molecule has 0 N–H and O–H groups in total. The van der Waals surface area contributed by atoms with Crippen molar-refractivity contribution in [1.29, 1.82) is 0 Å². The molecule has 0 saturated carbocycles. The van der Waals surface area contributed by atoms with E-state index in [9.17, 15) is 26.3 Å². The summed E-state index contributed by atoms with van der Waals surface area (Å²) in [6.45, 7) is 0. The first kappa shape index (κ1) is 18.5. The fraction of sp³-hybridized carbons (Fsp3) is 0.176. The molecular formula is C17H8Br2F6. The first-order valence-corrected chi connectivity index (χ1v) is 8.49. The van der Waals surface area contributed by atoms with E-state index in [1.54, 1.807) is 0 Å². The summed E-state index contributed by atoms with van der Waals surface area (Å²) in [7, 11) is 0. The highest BCUT2D eigenvalue weighted by atomic mass is 79.9. The molecule has 0 aliphatic heterocycles. The van der Waals surface area contributed by atoms with Crippen LogP contribution in [0.3, 0.4) is 0 Å². The Labute approximate surface area is 155 Å². The normalized spacial score (nSPS) is 20.8. The van der Waals surface area contributed by atoms with Gasteiger partial charge in [-0.3, -0.25) is 0 Å². The van der Waals surface area contributed by atoms with Crippen LogP contribution in [0.25, 0.3) is 11.1 Å². The van der Waals surface area contributed by atoms with E-state index in [0.717, 1.165) is 24.3 Å². The average molecular weight is 486 g/mol. The Balaban J connectivity index is 2.36. The minimum Gasteiger partial charge on any atom is -0.194 e. The van der Waals surface area contributed by atoms with Crippen LogP contribution in [0.4, 0.5) is 26.3 Å². The third-order valence-corrected chi connectivity index (χ3v) is 4.99. The predicted octanol–water partition coefficient (Wildman–Crippen LogP) is 7.04. The van der Waals surface area contributed by atoms with Gasteiger partial charge in [0.25, 0.3) is 0 Å². The Morgan fingerprint density at radius 2 is 0.800 bits per heavy atom. The number of halogens is 8. The van der Waals surface area contributed by atoms with E-state index >= 15 is 0 Å². The second kappa shape index (κ2) is 5.87. The molecule has 0 spiro atoms. The maximum Gasteiger partial charge on any atom is 0.380 e. The quantitative estimate of drug-likeness (QED) is 0.400. The van der Waals surface area contributed by atoms with E-state index in [2.05, 4.69) is 31.9 Å². The summed E-state index contributed by atoms with van der Waals surface area (Å²) in [6, 6.07) is 9.71. The van der Waals surface area contributed by atoms with Gasteiger partial charge in [0.15, 0.2) is 0 Å². The molecule has 25 heavy (non-hydrogen) atoms. The molecular weight excluding hydrogens is 478 g/mol. The molecule has 0 heterocycles. The monoisotopic (exact) mass is 484 g/mol. The lowest BCUT2D eigenvalue weighted by Crippen LogP contribution is -2.48. The van der Waals surface area contributed by atoms with Crippen molar-refractivity contribution in [2.75, 3.05) is 0 Å². The van der Waals surface area contributed by atoms with E-state index in [1.807, 2.05) is 0 Å². The highest BCUT2D eigenvalue weighted by Crippen LogP contribution is 2.64. The van der Waals surface area contributed by atoms with E-state index in [4.69, 9.17) is 0 Å². The van der Waals surface area contributed by atoms with Crippen molar-refractivity contribution in [1.82, 2.24) is 0 Å². The van der Waals surface area contributed by atoms with Gasteiger partial charge >= 0.3 is 17.8 Å². The van der Waals surface area contributed by atoms with Crippen LogP contribution in [0, 0.1) is 0 Å². The lowest BCUT2D eigenvalue weighted by molar-refractivity contribution is -0.254. The number of hydrogen-bond donors (Lipinski definition) is 0. The summed E-state index contributed by atoms with van der Waals surface area (Å²) in [5, 5.41) is 0. The van der Waals surface area contributed by atoms with Gasteiger partial charge < -0.3 is 0 Å². The number of hydrogen-bond acceptors (Lipinski definition) is 0. The first-order chi connectivity index (χ1) is 11.5. The molecule has 0 aromatic heterocycles. The van der Waals surface area contributed by atoms with Gasteiger partial charge in [-0.25, -0.2) is 0 Å². The van der Waals surface area contributed by atoms with Gasteiger partial charge in [0.05, 0.1) is 0 Å². The SMILES string of the molecule is FC1(F)C(c2ccc(Br)cc2)=C(c2ccc(Br)cc2)C(F)(F)C1(F)F. The van der Waals surface area contributed by atoms with Crippen molar-refractivity contribution in [3.05, 3.63) is 68.6 Å². The molecule has 0 radical (unpaired) electrons. The zero-order chi connectivity index (χ0) is 18.6. The average Bonchev–Trinajstić information content (AvgIpc) is 2.64. The zero-order valence-electron chi connectivity index (χ0n) is 12.1. The highest BCUT2D eigenvalue weighted by molar-refractivity contribution is 9.10. The first-order valence-electron chi connectivity index (χ1n) is 6.90. The van der Waals surface area contributed by atoms with Crippen LogP contribution in [-0.4, -0.2) is 17.8 Å². The fourth-order valence-corrected chi connectivity index (χ4v) is 3.24. The molecule has 132 valence electrons. The molecule has 2 aromatic rings. The molecule has 0 saturated heterocycles. The van der Waals surface area contributed by atoms with Gasteiger partial charge in [-0.15, -0.1) is 0 Å². The molecule has 2 aromatic carbocycles. The van der Waals surface area contributed by atoms with Crippen molar-refractivity contribution in [3.8, 4) is 0 Å². The minimum atomic E-state index is -5.54. The number of rotatable bonds is 2. The van der Waals surface area contributed by atoms with E-state index in [0.29, 0.717) is 8.95 Å². The van der Waals surface area contributed by atoms with Crippen LogP contribution in [0.15, 0.2) is 57.5 Å². The summed E-state index contributed by atoms with van der Waals surface area (Å²) in [6.07, 6.45) is 0. The van der Waals surface area contributed by atoms with Crippen molar-refractivity contribution in [3.63, 3.8) is 0 Å². The second-order valence-corrected chi connectivity index (χ2v) is 7.32. The molecule has 0 fully saturated rings. The molecule has 0 atom stereocenters. The van der Waals surface area contributed by atoms with Gasteiger partial charge in [0, 0.05) is 20.1 Å². The second-order valence-electron chi connectivity index (χ2n) is 5.49. The van der Waals surface area contributed by atoms with E-state index < -0.39 is 28.9 Å². The van der Waals surface area contributed by atoms with Crippen LogP contribution >= 0.6 is 31.9 Å². The summed E-state index contributed by atoms with van der Waals surface area (Å²) >= 11 is 6.18. The predicted molar refractivity (Wildman–Crippen MR) is 89.9 cm³/mol. The maximum atomic E-state index is 14.4. The lowest BCUT2D eigenvalue weighted by Gasteiger charge is -2.25.